The van der Waals surface area contributed by atoms with E-state index in [0.29, 0.717) is 23.9 Å². The van der Waals surface area contributed by atoms with Gasteiger partial charge in [0.2, 0.25) is 11.8 Å². The number of thioether (sulfide) groups is 1. The van der Waals surface area contributed by atoms with Gasteiger partial charge in [0, 0.05) is 19.5 Å². The largest absolute Gasteiger partial charge is 0.462 e. The Morgan fingerprint density at radius 1 is 1.27 bits per heavy atom. The Bertz CT molecular complexity index is 720. The maximum atomic E-state index is 12.4. The summed E-state index contributed by atoms with van der Waals surface area (Å²) < 4.78 is 5.00. The monoisotopic (exact) mass is 377 g/mol. The van der Waals surface area contributed by atoms with Gasteiger partial charge < -0.3 is 10.1 Å². The summed E-state index contributed by atoms with van der Waals surface area (Å²) in [5.74, 6) is -0.941. The van der Waals surface area contributed by atoms with Crippen molar-refractivity contribution in [2.45, 2.75) is 32.4 Å². The molecular formula is C18H23N3O4S. The standard InChI is InChI=1S/C18H23N3O4S/c1-4-19-18-21(5-2)16(23)14(26-18)11-15(22)20-13-10-8-7-9-12(13)17(24)25-6-3/h7-10,14H,4-6,11H2,1-3H3,(H,20,22)/t14-/m1/s1. The Labute approximate surface area is 157 Å². The molecule has 0 aromatic heterocycles. The van der Waals surface area contributed by atoms with E-state index in [1.165, 1.54) is 11.8 Å². The Balaban J connectivity index is 2.07. The number of amidine groups is 1. The second-order valence-corrected chi connectivity index (χ2v) is 6.63. The number of amides is 2. The highest BCUT2D eigenvalue weighted by molar-refractivity contribution is 8.15. The number of benzene rings is 1. The highest BCUT2D eigenvalue weighted by Gasteiger charge is 2.38. The second-order valence-electron chi connectivity index (χ2n) is 5.46. The number of nitrogens with zero attached hydrogens (tertiary/aromatic N) is 2. The van der Waals surface area contributed by atoms with E-state index in [1.807, 2.05) is 13.8 Å². The van der Waals surface area contributed by atoms with Gasteiger partial charge in [0.1, 0.15) is 5.25 Å². The molecule has 1 aromatic rings. The molecule has 2 rings (SSSR count). The summed E-state index contributed by atoms with van der Waals surface area (Å²) in [6.07, 6.45) is 0.0138. The molecule has 1 heterocycles. The Morgan fingerprint density at radius 3 is 2.65 bits per heavy atom. The lowest BCUT2D eigenvalue weighted by Gasteiger charge is -2.13. The van der Waals surface area contributed by atoms with Crippen LogP contribution in [0.2, 0.25) is 0 Å². The van der Waals surface area contributed by atoms with Gasteiger partial charge in [-0.1, -0.05) is 23.9 Å². The SMILES string of the molecule is CCN=C1S[C@H](CC(=O)Nc2ccccc2C(=O)OCC)C(=O)N1CC. The lowest BCUT2D eigenvalue weighted by Crippen LogP contribution is -2.33. The number of hydrogen-bond donors (Lipinski definition) is 1. The molecule has 1 N–H and O–H groups in total. The van der Waals surface area contributed by atoms with Crippen LogP contribution in [-0.2, 0) is 14.3 Å². The van der Waals surface area contributed by atoms with Crippen molar-refractivity contribution in [3.05, 3.63) is 29.8 Å². The lowest BCUT2D eigenvalue weighted by atomic mass is 10.1. The summed E-state index contributed by atoms with van der Waals surface area (Å²) in [4.78, 5) is 42.8. The van der Waals surface area contributed by atoms with Gasteiger partial charge >= 0.3 is 5.97 Å². The average molecular weight is 377 g/mol. The number of aliphatic imine (C=N–C) groups is 1. The van der Waals surface area contributed by atoms with E-state index < -0.39 is 11.2 Å². The van der Waals surface area contributed by atoms with E-state index in [1.54, 1.807) is 36.1 Å². The van der Waals surface area contributed by atoms with E-state index in [9.17, 15) is 14.4 Å². The van der Waals surface area contributed by atoms with Gasteiger partial charge in [0.25, 0.3) is 0 Å². The first-order chi connectivity index (χ1) is 12.5. The van der Waals surface area contributed by atoms with Crippen LogP contribution in [0.25, 0.3) is 0 Å². The highest BCUT2D eigenvalue weighted by Crippen LogP contribution is 2.30. The first kappa shape index (κ1) is 20.0. The summed E-state index contributed by atoms with van der Waals surface area (Å²) >= 11 is 1.31. The van der Waals surface area contributed by atoms with Crippen molar-refractivity contribution in [2.75, 3.05) is 25.0 Å². The third-order valence-corrected chi connectivity index (χ3v) is 4.91. The quantitative estimate of drug-likeness (QED) is 0.738. The molecule has 26 heavy (non-hydrogen) atoms. The van der Waals surface area contributed by atoms with Crippen molar-refractivity contribution in [1.82, 2.24) is 4.90 Å². The van der Waals surface area contributed by atoms with Crippen LogP contribution in [0.4, 0.5) is 5.69 Å². The first-order valence-corrected chi connectivity index (χ1v) is 9.48. The van der Waals surface area contributed by atoms with Crippen molar-refractivity contribution in [3.63, 3.8) is 0 Å². The molecule has 1 atom stereocenters. The number of carbonyl (C=O) groups excluding carboxylic acids is 3. The van der Waals surface area contributed by atoms with Gasteiger partial charge in [-0.05, 0) is 32.9 Å². The van der Waals surface area contributed by atoms with Crippen molar-refractivity contribution >= 4 is 40.4 Å². The van der Waals surface area contributed by atoms with Gasteiger partial charge in [0.15, 0.2) is 5.17 Å². The fourth-order valence-corrected chi connectivity index (χ4v) is 3.80. The number of rotatable bonds is 7. The Kier molecular flexibility index (Phi) is 7.20. The third kappa shape index (κ3) is 4.63. The number of esters is 1. The number of carbonyl (C=O) groups is 3. The van der Waals surface area contributed by atoms with E-state index >= 15 is 0 Å². The molecule has 1 aliphatic heterocycles. The molecule has 0 aliphatic carbocycles. The van der Waals surface area contributed by atoms with Crippen LogP contribution in [0.15, 0.2) is 29.3 Å². The minimum atomic E-state index is -0.505. The van der Waals surface area contributed by atoms with Crippen LogP contribution in [0.3, 0.4) is 0 Å². The van der Waals surface area contributed by atoms with Gasteiger partial charge in [-0.3, -0.25) is 19.5 Å². The minimum Gasteiger partial charge on any atom is -0.462 e. The summed E-state index contributed by atoms with van der Waals surface area (Å²) in [5, 5.41) is 2.87. The molecule has 1 aliphatic rings. The Morgan fingerprint density at radius 2 is 2.00 bits per heavy atom. The van der Waals surface area contributed by atoms with Gasteiger partial charge in [-0.25, -0.2) is 4.79 Å². The van der Waals surface area contributed by atoms with Crippen LogP contribution < -0.4 is 5.32 Å². The van der Waals surface area contributed by atoms with Gasteiger partial charge in [0.05, 0.1) is 17.9 Å². The molecule has 0 saturated carbocycles. The second kappa shape index (κ2) is 9.38. The average Bonchev–Trinajstić information content (AvgIpc) is 2.90. The summed E-state index contributed by atoms with van der Waals surface area (Å²) in [5.41, 5.74) is 0.665. The molecule has 8 heteroatoms. The zero-order chi connectivity index (χ0) is 19.1. The van der Waals surface area contributed by atoms with Crippen molar-refractivity contribution in [1.29, 1.82) is 0 Å². The summed E-state index contributed by atoms with van der Waals surface area (Å²) in [6.45, 7) is 6.85. The zero-order valence-corrected chi connectivity index (χ0v) is 16.0. The molecular weight excluding hydrogens is 354 g/mol. The van der Waals surface area contributed by atoms with Crippen LogP contribution in [0.1, 0.15) is 37.6 Å². The van der Waals surface area contributed by atoms with Crippen LogP contribution >= 0.6 is 11.8 Å². The summed E-state index contributed by atoms with van der Waals surface area (Å²) in [6, 6.07) is 6.65. The molecule has 0 unspecified atom stereocenters. The number of anilines is 1. The summed E-state index contributed by atoms with van der Waals surface area (Å²) in [7, 11) is 0. The molecule has 0 spiro atoms. The van der Waals surface area contributed by atoms with Gasteiger partial charge in [-0.15, -0.1) is 0 Å². The molecule has 1 fully saturated rings. The van der Waals surface area contributed by atoms with Gasteiger partial charge in [-0.2, -0.15) is 0 Å². The lowest BCUT2D eigenvalue weighted by molar-refractivity contribution is -0.128. The zero-order valence-electron chi connectivity index (χ0n) is 15.2. The molecule has 0 radical (unpaired) electrons. The number of hydrogen-bond acceptors (Lipinski definition) is 6. The topological polar surface area (TPSA) is 88.1 Å². The highest BCUT2D eigenvalue weighted by atomic mass is 32.2. The minimum absolute atomic E-state index is 0.0138. The van der Waals surface area contributed by atoms with Crippen LogP contribution in [-0.4, -0.2) is 52.8 Å². The van der Waals surface area contributed by atoms with Crippen LogP contribution in [0.5, 0.6) is 0 Å². The maximum absolute atomic E-state index is 12.4. The van der Waals surface area contributed by atoms with Crippen molar-refractivity contribution < 1.29 is 19.1 Å². The van der Waals surface area contributed by atoms with Crippen molar-refractivity contribution in [2.24, 2.45) is 4.99 Å². The molecule has 0 bridgehead atoms. The molecule has 7 nitrogen and oxygen atoms in total. The first-order valence-electron chi connectivity index (χ1n) is 8.60. The normalized spacial score (nSPS) is 18.3. The smallest absolute Gasteiger partial charge is 0.340 e. The van der Waals surface area contributed by atoms with E-state index in [0.717, 1.165) is 0 Å². The third-order valence-electron chi connectivity index (χ3n) is 3.70. The molecule has 140 valence electrons. The van der Waals surface area contributed by atoms with E-state index in [-0.39, 0.29) is 30.4 Å². The fourth-order valence-electron chi connectivity index (χ4n) is 2.54. The molecule has 2 amide bonds. The number of nitrogens with one attached hydrogen (secondary N) is 1. The fraction of sp³-hybridized carbons (Fsp3) is 0.444. The number of ether oxygens (including phenoxy) is 1. The van der Waals surface area contributed by atoms with Crippen LogP contribution in [0, 0.1) is 0 Å². The Hall–Kier alpha value is -2.35. The predicted octanol–water partition coefficient (Wildman–Crippen LogP) is 2.53. The molecule has 1 aromatic carbocycles. The van der Waals surface area contributed by atoms with E-state index in [4.69, 9.17) is 4.74 Å². The number of para-hydroxylation sites is 1. The molecule has 1 saturated heterocycles. The predicted molar refractivity (Wildman–Crippen MR) is 102 cm³/mol. The van der Waals surface area contributed by atoms with Crippen molar-refractivity contribution in [3.8, 4) is 0 Å². The maximum Gasteiger partial charge on any atom is 0.340 e. The van der Waals surface area contributed by atoms with E-state index in [2.05, 4.69) is 10.3 Å².